The van der Waals surface area contributed by atoms with Crippen molar-refractivity contribution in [3.05, 3.63) is 54.1 Å². The van der Waals surface area contributed by atoms with Crippen LogP contribution in [0.25, 0.3) is 11.1 Å². The second kappa shape index (κ2) is 7.38. The van der Waals surface area contributed by atoms with Gasteiger partial charge in [0, 0.05) is 5.56 Å². The van der Waals surface area contributed by atoms with Crippen LogP contribution in [-0.4, -0.2) is 17.4 Å². The molecule has 3 nitrogen and oxygen atoms in total. The molecule has 2 aromatic carbocycles. The molecule has 1 atom stereocenters. The summed E-state index contributed by atoms with van der Waals surface area (Å²) in [5.41, 5.74) is 1.45. The van der Waals surface area contributed by atoms with E-state index in [1.54, 1.807) is 30.3 Å². The number of hydrogen-bond acceptors (Lipinski definition) is 2. The van der Waals surface area contributed by atoms with Crippen LogP contribution in [0.2, 0.25) is 0 Å². The van der Waals surface area contributed by atoms with Gasteiger partial charge in [-0.25, -0.2) is 0 Å². The van der Waals surface area contributed by atoms with E-state index in [0.29, 0.717) is 23.1 Å². The summed E-state index contributed by atoms with van der Waals surface area (Å²) in [6, 6.07) is 12.3. The van der Waals surface area contributed by atoms with Crippen molar-refractivity contribution < 1.29 is 27.8 Å². The number of ether oxygens (including phenoxy) is 1. The maximum absolute atomic E-state index is 12.5. The van der Waals surface area contributed by atoms with E-state index in [-0.39, 0.29) is 5.75 Å². The number of aliphatic carboxylic acids is 1. The quantitative estimate of drug-likeness (QED) is 0.785. The van der Waals surface area contributed by atoms with Crippen LogP contribution >= 0.6 is 0 Å². The monoisotopic (exact) mass is 338 g/mol. The Kier molecular flexibility index (Phi) is 5.49. The number of halogens is 3. The summed E-state index contributed by atoms with van der Waals surface area (Å²) in [5.74, 6) is -1.82. The minimum atomic E-state index is -4.77. The summed E-state index contributed by atoms with van der Waals surface area (Å²) in [5, 5.41) is 9.27. The highest BCUT2D eigenvalue weighted by molar-refractivity contribution is 5.77. The highest BCUT2D eigenvalue weighted by Crippen LogP contribution is 2.34. The average Bonchev–Trinajstić information content (AvgIpc) is 2.52. The van der Waals surface area contributed by atoms with Crippen LogP contribution in [0, 0.1) is 0 Å². The molecule has 24 heavy (non-hydrogen) atoms. The summed E-state index contributed by atoms with van der Waals surface area (Å²) >= 11 is 0. The minimum absolute atomic E-state index is 0.291. The maximum Gasteiger partial charge on any atom is 0.573 e. The van der Waals surface area contributed by atoms with E-state index in [0.717, 1.165) is 6.42 Å². The fourth-order valence-electron chi connectivity index (χ4n) is 2.54. The molecule has 1 unspecified atom stereocenters. The van der Waals surface area contributed by atoms with Gasteiger partial charge in [-0.3, -0.25) is 4.79 Å². The number of carboxylic acid groups (broad SMARTS) is 1. The number of carboxylic acids is 1. The van der Waals surface area contributed by atoms with Crippen molar-refractivity contribution in [1.29, 1.82) is 0 Å². The van der Waals surface area contributed by atoms with Gasteiger partial charge in [0.1, 0.15) is 5.75 Å². The molecular weight excluding hydrogens is 321 g/mol. The third-order valence-electron chi connectivity index (χ3n) is 3.61. The molecule has 0 spiro atoms. The number of alkyl halides is 3. The van der Waals surface area contributed by atoms with Crippen molar-refractivity contribution in [2.24, 2.45) is 0 Å². The molecule has 0 fully saturated rings. The first-order chi connectivity index (χ1) is 11.3. The molecule has 2 rings (SSSR count). The first-order valence-electron chi connectivity index (χ1n) is 7.49. The van der Waals surface area contributed by atoms with E-state index in [9.17, 15) is 23.1 Å². The lowest BCUT2D eigenvalue weighted by molar-refractivity contribution is -0.274. The van der Waals surface area contributed by atoms with E-state index >= 15 is 0 Å². The highest BCUT2D eigenvalue weighted by atomic mass is 19.4. The zero-order chi connectivity index (χ0) is 17.7. The molecule has 0 saturated heterocycles. The maximum atomic E-state index is 12.5. The van der Waals surface area contributed by atoms with Gasteiger partial charge in [-0.05, 0) is 23.6 Å². The van der Waals surface area contributed by atoms with Gasteiger partial charge in [0.25, 0.3) is 0 Å². The standard InChI is InChI=1S/C18H17F3O3/c1-2-5-15(17(22)23)13-10-8-12(9-11-13)14-6-3-4-7-16(14)24-18(19,20)21/h3-4,6-11,15H,2,5H2,1H3,(H,22,23). The predicted molar refractivity (Wildman–Crippen MR) is 83.8 cm³/mol. The van der Waals surface area contributed by atoms with E-state index in [1.807, 2.05) is 6.92 Å². The van der Waals surface area contributed by atoms with E-state index in [2.05, 4.69) is 4.74 Å². The second-order valence-corrected chi connectivity index (χ2v) is 5.35. The van der Waals surface area contributed by atoms with Gasteiger partial charge in [0.15, 0.2) is 0 Å². The Morgan fingerprint density at radius 3 is 2.29 bits per heavy atom. The number of para-hydroxylation sites is 1. The summed E-state index contributed by atoms with van der Waals surface area (Å²) < 4.78 is 41.5. The number of rotatable bonds is 6. The average molecular weight is 338 g/mol. The molecule has 0 radical (unpaired) electrons. The molecular formula is C18H17F3O3. The molecule has 0 aliphatic carbocycles. The Morgan fingerprint density at radius 1 is 1.12 bits per heavy atom. The molecule has 0 bridgehead atoms. The number of hydrogen-bond donors (Lipinski definition) is 1. The van der Waals surface area contributed by atoms with E-state index in [1.165, 1.54) is 18.2 Å². The first-order valence-corrected chi connectivity index (χ1v) is 7.49. The van der Waals surface area contributed by atoms with Crippen LogP contribution in [0.15, 0.2) is 48.5 Å². The number of benzene rings is 2. The molecule has 6 heteroatoms. The fourth-order valence-corrected chi connectivity index (χ4v) is 2.54. The van der Waals surface area contributed by atoms with Crippen LogP contribution < -0.4 is 4.74 Å². The molecule has 0 saturated carbocycles. The van der Waals surface area contributed by atoms with Gasteiger partial charge in [-0.1, -0.05) is 55.8 Å². The lowest BCUT2D eigenvalue weighted by atomic mass is 9.93. The van der Waals surface area contributed by atoms with Crippen molar-refractivity contribution in [3.8, 4) is 16.9 Å². The van der Waals surface area contributed by atoms with Gasteiger partial charge < -0.3 is 9.84 Å². The lowest BCUT2D eigenvalue weighted by Gasteiger charge is -2.15. The Balaban J connectivity index is 2.33. The van der Waals surface area contributed by atoms with Crippen LogP contribution in [0.4, 0.5) is 13.2 Å². The predicted octanol–water partition coefficient (Wildman–Crippen LogP) is 5.22. The smallest absolute Gasteiger partial charge is 0.481 e. The highest BCUT2D eigenvalue weighted by Gasteiger charge is 2.32. The van der Waals surface area contributed by atoms with Crippen molar-refractivity contribution >= 4 is 5.97 Å². The molecule has 2 aromatic rings. The van der Waals surface area contributed by atoms with Crippen LogP contribution in [0.5, 0.6) is 5.75 Å². The summed E-state index contributed by atoms with van der Waals surface area (Å²) in [6.07, 6.45) is -3.55. The van der Waals surface area contributed by atoms with Crippen LogP contribution in [0.1, 0.15) is 31.2 Å². The van der Waals surface area contributed by atoms with E-state index < -0.39 is 18.2 Å². The lowest BCUT2D eigenvalue weighted by Crippen LogP contribution is -2.17. The minimum Gasteiger partial charge on any atom is -0.481 e. The second-order valence-electron chi connectivity index (χ2n) is 5.35. The largest absolute Gasteiger partial charge is 0.573 e. The third-order valence-corrected chi connectivity index (χ3v) is 3.61. The van der Waals surface area contributed by atoms with Crippen molar-refractivity contribution in [2.75, 3.05) is 0 Å². The van der Waals surface area contributed by atoms with Crippen molar-refractivity contribution in [2.45, 2.75) is 32.0 Å². The molecule has 0 amide bonds. The van der Waals surface area contributed by atoms with Gasteiger partial charge in [-0.15, -0.1) is 13.2 Å². The summed E-state index contributed by atoms with van der Waals surface area (Å²) in [6.45, 7) is 1.90. The van der Waals surface area contributed by atoms with Gasteiger partial charge in [-0.2, -0.15) is 0 Å². The van der Waals surface area contributed by atoms with Gasteiger partial charge in [0.2, 0.25) is 0 Å². The Bertz CT molecular complexity index is 693. The topological polar surface area (TPSA) is 46.5 Å². The molecule has 128 valence electrons. The van der Waals surface area contributed by atoms with E-state index in [4.69, 9.17) is 0 Å². The van der Waals surface area contributed by atoms with Crippen LogP contribution in [-0.2, 0) is 4.79 Å². The fraction of sp³-hybridized carbons (Fsp3) is 0.278. The Hall–Kier alpha value is -2.50. The van der Waals surface area contributed by atoms with Crippen LogP contribution in [0.3, 0.4) is 0 Å². The Labute approximate surface area is 137 Å². The molecule has 0 aliphatic rings. The van der Waals surface area contributed by atoms with Gasteiger partial charge >= 0.3 is 12.3 Å². The molecule has 0 heterocycles. The molecule has 0 aliphatic heterocycles. The SMILES string of the molecule is CCCC(C(=O)O)c1ccc(-c2ccccc2OC(F)(F)F)cc1. The zero-order valence-corrected chi connectivity index (χ0v) is 13.0. The zero-order valence-electron chi connectivity index (χ0n) is 13.0. The van der Waals surface area contributed by atoms with Gasteiger partial charge in [0.05, 0.1) is 5.92 Å². The summed E-state index contributed by atoms with van der Waals surface area (Å²) in [7, 11) is 0. The summed E-state index contributed by atoms with van der Waals surface area (Å²) in [4.78, 5) is 11.3. The molecule has 1 N–H and O–H groups in total. The first kappa shape index (κ1) is 17.8. The number of carbonyl (C=O) groups is 1. The van der Waals surface area contributed by atoms with Crippen molar-refractivity contribution in [3.63, 3.8) is 0 Å². The third kappa shape index (κ3) is 4.50. The Morgan fingerprint density at radius 2 is 1.75 bits per heavy atom. The normalized spacial score (nSPS) is 12.7. The molecule has 0 aromatic heterocycles. The van der Waals surface area contributed by atoms with Crippen molar-refractivity contribution in [1.82, 2.24) is 0 Å².